The minimum atomic E-state index is -0.771. The van der Waals surface area contributed by atoms with E-state index in [0.29, 0.717) is 36.9 Å². The van der Waals surface area contributed by atoms with Crippen molar-refractivity contribution in [3.05, 3.63) is 36.0 Å². The number of H-pyrrole nitrogens is 1. The maximum atomic E-state index is 12.7. The summed E-state index contributed by atoms with van der Waals surface area (Å²) in [7, 11) is 1.26. The molecule has 2 amide bonds. The first-order valence-electron chi connectivity index (χ1n) is 9.44. The van der Waals surface area contributed by atoms with Gasteiger partial charge in [0, 0.05) is 36.2 Å². The number of para-hydroxylation sites is 1. The number of carbonyl (C=O) groups is 4. The smallest absolute Gasteiger partial charge is 0.410 e. The molecule has 152 valence electrons. The van der Waals surface area contributed by atoms with Gasteiger partial charge in [0.2, 0.25) is 0 Å². The molecule has 0 saturated carbocycles. The lowest BCUT2D eigenvalue weighted by Crippen LogP contribution is -2.52. The molecule has 2 saturated heterocycles. The van der Waals surface area contributed by atoms with E-state index in [9.17, 15) is 19.2 Å². The number of amides is 2. The van der Waals surface area contributed by atoms with Crippen molar-refractivity contribution in [3.63, 3.8) is 0 Å². The van der Waals surface area contributed by atoms with E-state index in [1.165, 1.54) is 16.9 Å². The summed E-state index contributed by atoms with van der Waals surface area (Å²) < 4.78 is 9.75. The van der Waals surface area contributed by atoms with Crippen molar-refractivity contribution in [2.24, 2.45) is 0 Å². The highest BCUT2D eigenvalue weighted by molar-refractivity contribution is 6.44. The Bertz CT molecular complexity index is 976. The summed E-state index contributed by atoms with van der Waals surface area (Å²) in [5.41, 5.74) is 1.14. The zero-order valence-electron chi connectivity index (χ0n) is 15.9. The van der Waals surface area contributed by atoms with Gasteiger partial charge in [-0.3, -0.25) is 14.5 Å². The molecule has 0 aliphatic carbocycles. The molecular formula is C20H21N3O6. The third kappa shape index (κ3) is 3.32. The fraction of sp³-hybridized carbons (Fsp3) is 0.400. The number of Topliss-reactive ketones (excluding diaryl/α,β-unsaturated/α-hetero) is 1. The molecule has 9 nitrogen and oxygen atoms in total. The summed E-state index contributed by atoms with van der Waals surface area (Å²) >= 11 is 0. The van der Waals surface area contributed by atoms with E-state index in [0.717, 1.165) is 5.52 Å². The lowest BCUT2D eigenvalue weighted by molar-refractivity contribution is -0.146. The monoisotopic (exact) mass is 399 g/mol. The first-order chi connectivity index (χ1) is 14.0. The molecule has 0 bridgehead atoms. The van der Waals surface area contributed by atoms with Crippen LogP contribution in [0.5, 0.6) is 0 Å². The average Bonchev–Trinajstić information content (AvgIpc) is 3.36. The van der Waals surface area contributed by atoms with Gasteiger partial charge in [-0.05, 0) is 18.9 Å². The predicted octanol–water partition coefficient (Wildman–Crippen LogP) is 1.34. The lowest BCUT2D eigenvalue weighted by Gasteiger charge is -2.36. The molecule has 2 aliphatic heterocycles. The van der Waals surface area contributed by atoms with Crippen molar-refractivity contribution in [3.8, 4) is 0 Å². The first kappa shape index (κ1) is 19.0. The number of piperidine rings is 1. The first-order valence-corrected chi connectivity index (χ1v) is 9.44. The van der Waals surface area contributed by atoms with Crippen LogP contribution in [0.1, 0.15) is 23.2 Å². The van der Waals surface area contributed by atoms with Crippen molar-refractivity contribution < 1.29 is 28.7 Å². The Labute approximate surface area is 166 Å². The fourth-order valence-corrected chi connectivity index (χ4v) is 4.02. The number of fused-ring (bicyclic) bond motifs is 1. The Morgan fingerprint density at radius 1 is 1.17 bits per heavy atom. The average molecular weight is 399 g/mol. The number of nitrogens with zero attached hydrogens (tertiary/aromatic N) is 2. The van der Waals surface area contributed by atoms with E-state index in [4.69, 9.17) is 9.47 Å². The summed E-state index contributed by atoms with van der Waals surface area (Å²) in [6, 6.07) is 6.29. The molecule has 3 heterocycles. The Hall–Kier alpha value is -3.36. The molecule has 2 fully saturated rings. The molecule has 29 heavy (non-hydrogen) atoms. The van der Waals surface area contributed by atoms with Gasteiger partial charge in [0.15, 0.2) is 6.04 Å². The number of hydrogen-bond acceptors (Lipinski definition) is 6. The Kier molecular flexibility index (Phi) is 4.96. The minimum absolute atomic E-state index is 0.0380. The van der Waals surface area contributed by atoms with E-state index in [1.54, 1.807) is 12.3 Å². The lowest BCUT2D eigenvalue weighted by atomic mass is 10.0. The van der Waals surface area contributed by atoms with Crippen molar-refractivity contribution >= 4 is 34.7 Å². The molecule has 4 rings (SSSR count). The van der Waals surface area contributed by atoms with Gasteiger partial charge in [-0.2, -0.15) is 0 Å². The van der Waals surface area contributed by atoms with E-state index >= 15 is 0 Å². The molecule has 2 aliphatic rings. The van der Waals surface area contributed by atoms with Gasteiger partial charge in [0.05, 0.1) is 12.7 Å². The van der Waals surface area contributed by atoms with Crippen LogP contribution in [0.2, 0.25) is 0 Å². The molecule has 1 aromatic carbocycles. The molecule has 0 spiro atoms. The second-order valence-electron chi connectivity index (χ2n) is 7.12. The summed E-state index contributed by atoms with van der Waals surface area (Å²) in [4.78, 5) is 55.3. The number of aromatic nitrogens is 1. The normalized spacial score (nSPS) is 20.0. The predicted molar refractivity (Wildman–Crippen MR) is 101 cm³/mol. The van der Waals surface area contributed by atoms with Crippen LogP contribution in [-0.2, 0) is 19.1 Å². The second-order valence-corrected chi connectivity index (χ2v) is 7.12. The van der Waals surface area contributed by atoms with Gasteiger partial charge >= 0.3 is 12.1 Å². The molecule has 1 atom stereocenters. The van der Waals surface area contributed by atoms with Gasteiger partial charge in [0.1, 0.15) is 6.61 Å². The van der Waals surface area contributed by atoms with Crippen molar-refractivity contribution in [2.75, 3.05) is 26.8 Å². The number of aromatic amines is 1. The van der Waals surface area contributed by atoms with Gasteiger partial charge in [0.25, 0.3) is 11.7 Å². The molecule has 1 unspecified atom stereocenters. The van der Waals surface area contributed by atoms with Crippen LogP contribution in [-0.4, -0.2) is 77.4 Å². The summed E-state index contributed by atoms with van der Waals surface area (Å²) in [6.45, 7) is 0.592. The maximum absolute atomic E-state index is 12.7. The van der Waals surface area contributed by atoms with Crippen LogP contribution >= 0.6 is 0 Å². The van der Waals surface area contributed by atoms with Crippen LogP contribution < -0.4 is 0 Å². The number of esters is 1. The SMILES string of the molecule is COC(=O)C1COC(=O)N1C1CCN(C(=O)C(=O)c2c[nH]c3ccccc23)CC1. The number of methoxy groups -OCH3 is 1. The van der Waals surface area contributed by atoms with E-state index in [2.05, 4.69) is 4.98 Å². The summed E-state index contributed by atoms with van der Waals surface area (Å²) in [6.07, 6.45) is 1.91. The Morgan fingerprint density at radius 3 is 2.62 bits per heavy atom. The largest absolute Gasteiger partial charge is 0.467 e. The van der Waals surface area contributed by atoms with Gasteiger partial charge < -0.3 is 19.4 Å². The number of ether oxygens (including phenoxy) is 2. The number of rotatable bonds is 4. The zero-order chi connectivity index (χ0) is 20.5. The summed E-state index contributed by atoms with van der Waals surface area (Å²) in [5.74, 6) is -1.65. The van der Waals surface area contributed by atoms with Crippen molar-refractivity contribution in [2.45, 2.75) is 24.9 Å². The molecule has 1 N–H and O–H groups in total. The minimum Gasteiger partial charge on any atom is -0.467 e. The highest BCUT2D eigenvalue weighted by Crippen LogP contribution is 2.25. The quantitative estimate of drug-likeness (QED) is 0.472. The molecule has 2 aromatic rings. The van der Waals surface area contributed by atoms with Crippen LogP contribution in [0.25, 0.3) is 10.9 Å². The highest BCUT2D eigenvalue weighted by Gasteiger charge is 2.44. The molecule has 1 aromatic heterocycles. The Morgan fingerprint density at radius 2 is 1.90 bits per heavy atom. The molecule has 0 radical (unpaired) electrons. The number of likely N-dealkylation sites (tertiary alicyclic amines) is 1. The van der Waals surface area contributed by atoms with Crippen LogP contribution in [0.15, 0.2) is 30.5 Å². The number of cyclic esters (lactones) is 1. The standard InChI is InChI=1S/C20H21N3O6/c1-28-19(26)16-11-29-20(27)23(16)12-6-8-22(9-7-12)18(25)17(24)14-10-21-15-5-3-2-4-13(14)15/h2-5,10,12,16,21H,6-9,11H2,1H3. The number of ketones is 1. The Balaban J connectivity index is 1.43. The van der Waals surface area contributed by atoms with Crippen LogP contribution in [0, 0.1) is 0 Å². The van der Waals surface area contributed by atoms with Gasteiger partial charge in [-0.15, -0.1) is 0 Å². The van der Waals surface area contributed by atoms with Gasteiger partial charge in [-0.25, -0.2) is 9.59 Å². The number of carbonyl (C=O) groups excluding carboxylic acids is 4. The number of nitrogens with one attached hydrogen (secondary N) is 1. The van der Waals surface area contributed by atoms with Gasteiger partial charge in [-0.1, -0.05) is 18.2 Å². The maximum Gasteiger partial charge on any atom is 0.410 e. The van der Waals surface area contributed by atoms with E-state index in [1.807, 2.05) is 18.2 Å². The van der Waals surface area contributed by atoms with Crippen molar-refractivity contribution in [1.29, 1.82) is 0 Å². The van der Waals surface area contributed by atoms with Crippen molar-refractivity contribution in [1.82, 2.24) is 14.8 Å². The molecule has 9 heteroatoms. The number of benzene rings is 1. The highest BCUT2D eigenvalue weighted by atomic mass is 16.6. The summed E-state index contributed by atoms with van der Waals surface area (Å²) in [5, 5.41) is 0.710. The zero-order valence-corrected chi connectivity index (χ0v) is 15.9. The topological polar surface area (TPSA) is 109 Å². The van der Waals surface area contributed by atoms with Crippen LogP contribution in [0.3, 0.4) is 0 Å². The third-order valence-electron chi connectivity index (χ3n) is 5.56. The van der Waals surface area contributed by atoms with E-state index in [-0.39, 0.29) is 12.6 Å². The third-order valence-corrected chi connectivity index (χ3v) is 5.56. The fourth-order valence-electron chi connectivity index (χ4n) is 4.02. The van der Waals surface area contributed by atoms with E-state index < -0.39 is 29.8 Å². The molecular weight excluding hydrogens is 378 g/mol. The number of hydrogen-bond donors (Lipinski definition) is 1. The van der Waals surface area contributed by atoms with Crippen LogP contribution in [0.4, 0.5) is 4.79 Å². The second kappa shape index (κ2) is 7.57.